The molecule has 0 N–H and O–H groups in total. The zero-order valence-electron chi connectivity index (χ0n) is 12.9. The summed E-state index contributed by atoms with van der Waals surface area (Å²) in [5, 5.41) is 4.07. The molecule has 0 aliphatic carbocycles. The maximum atomic E-state index is 11.4. The number of aromatic nitrogens is 2. The third-order valence-corrected chi connectivity index (χ3v) is 4.14. The zero-order valence-corrected chi connectivity index (χ0v) is 12.9. The van der Waals surface area contributed by atoms with Crippen molar-refractivity contribution in [3.05, 3.63) is 36.2 Å². The molecule has 1 amide bonds. The molecule has 1 aromatic heterocycles. The van der Waals surface area contributed by atoms with Crippen molar-refractivity contribution in [2.45, 2.75) is 19.9 Å². The first-order valence-electron chi connectivity index (χ1n) is 7.54. The van der Waals surface area contributed by atoms with Gasteiger partial charge in [0.25, 0.3) is 0 Å². The van der Waals surface area contributed by atoms with Gasteiger partial charge in [-0.3, -0.25) is 9.69 Å². The second kappa shape index (κ2) is 6.27. The maximum absolute atomic E-state index is 11.4. The van der Waals surface area contributed by atoms with E-state index >= 15 is 0 Å². The van der Waals surface area contributed by atoms with Gasteiger partial charge in [0.2, 0.25) is 17.6 Å². The van der Waals surface area contributed by atoms with Gasteiger partial charge in [-0.1, -0.05) is 35.5 Å². The summed E-state index contributed by atoms with van der Waals surface area (Å²) in [6, 6.07) is 9.85. The molecule has 1 aliphatic heterocycles. The molecule has 3 rings (SSSR count). The van der Waals surface area contributed by atoms with Crippen LogP contribution in [0, 0.1) is 0 Å². The predicted molar refractivity (Wildman–Crippen MR) is 82.0 cm³/mol. The Morgan fingerprint density at radius 2 is 1.86 bits per heavy atom. The normalized spacial score (nSPS) is 17.5. The Morgan fingerprint density at radius 3 is 2.50 bits per heavy atom. The van der Waals surface area contributed by atoms with Crippen LogP contribution in [0.3, 0.4) is 0 Å². The molecule has 0 spiro atoms. The van der Waals surface area contributed by atoms with Crippen LogP contribution in [0.5, 0.6) is 0 Å². The minimum atomic E-state index is 0.0547. The van der Waals surface area contributed by atoms with Gasteiger partial charge in [0.15, 0.2) is 0 Å². The largest absolute Gasteiger partial charge is 0.340 e. The van der Waals surface area contributed by atoms with Gasteiger partial charge in [-0.05, 0) is 6.92 Å². The molecule has 1 aliphatic rings. The van der Waals surface area contributed by atoms with Crippen LogP contribution in [0.1, 0.15) is 25.8 Å². The van der Waals surface area contributed by atoms with Crippen LogP contribution in [0.25, 0.3) is 11.4 Å². The highest BCUT2D eigenvalue weighted by atomic mass is 16.5. The molecule has 6 nitrogen and oxygen atoms in total. The van der Waals surface area contributed by atoms with E-state index in [1.54, 1.807) is 6.92 Å². The standard InChI is InChI=1S/C16H20N4O2/c1-12(19-8-10-20(11-9-19)13(2)21)16-17-15(18-22-16)14-6-4-3-5-7-14/h3-7,12H,8-11H2,1-2H3/t12-/m0/s1. The fourth-order valence-electron chi connectivity index (χ4n) is 2.69. The van der Waals surface area contributed by atoms with E-state index in [0.29, 0.717) is 11.7 Å². The monoisotopic (exact) mass is 300 g/mol. The summed E-state index contributed by atoms with van der Waals surface area (Å²) < 4.78 is 5.43. The topological polar surface area (TPSA) is 62.5 Å². The van der Waals surface area contributed by atoms with Crippen molar-refractivity contribution in [1.82, 2.24) is 19.9 Å². The minimum Gasteiger partial charge on any atom is -0.340 e. The lowest BCUT2D eigenvalue weighted by Crippen LogP contribution is -2.48. The number of amides is 1. The molecule has 0 unspecified atom stereocenters. The molecule has 22 heavy (non-hydrogen) atoms. The third kappa shape index (κ3) is 3.01. The molecule has 1 fully saturated rings. The van der Waals surface area contributed by atoms with E-state index in [2.05, 4.69) is 22.0 Å². The number of hydrogen-bond donors (Lipinski definition) is 0. The highest BCUT2D eigenvalue weighted by molar-refractivity contribution is 5.73. The van der Waals surface area contributed by atoms with E-state index in [0.717, 1.165) is 31.7 Å². The molecule has 2 aromatic rings. The number of benzene rings is 1. The summed E-state index contributed by atoms with van der Waals surface area (Å²) in [5.41, 5.74) is 0.950. The van der Waals surface area contributed by atoms with Crippen molar-refractivity contribution in [2.75, 3.05) is 26.2 Å². The van der Waals surface area contributed by atoms with E-state index in [1.165, 1.54) is 0 Å². The molecular weight excluding hydrogens is 280 g/mol. The SMILES string of the molecule is CC(=O)N1CCN([C@@H](C)c2nc(-c3ccccc3)no2)CC1. The van der Waals surface area contributed by atoms with Crippen molar-refractivity contribution < 1.29 is 9.32 Å². The Hall–Kier alpha value is -2.21. The lowest BCUT2D eigenvalue weighted by Gasteiger charge is -2.36. The van der Waals surface area contributed by atoms with Crippen LogP contribution in [-0.4, -0.2) is 52.0 Å². The smallest absolute Gasteiger partial charge is 0.244 e. The first-order chi connectivity index (χ1) is 10.6. The van der Waals surface area contributed by atoms with Gasteiger partial charge in [-0.2, -0.15) is 4.98 Å². The number of hydrogen-bond acceptors (Lipinski definition) is 5. The lowest BCUT2D eigenvalue weighted by atomic mass is 10.2. The maximum Gasteiger partial charge on any atom is 0.244 e. The first kappa shape index (κ1) is 14.7. The Morgan fingerprint density at radius 1 is 1.18 bits per heavy atom. The second-order valence-corrected chi connectivity index (χ2v) is 5.54. The van der Waals surface area contributed by atoms with Gasteiger partial charge in [-0.15, -0.1) is 0 Å². The summed E-state index contributed by atoms with van der Waals surface area (Å²) in [7, 11) is 0. The highest BCUT2D eigenvalue weighted by Crippen LogP contribution is 2.23. The van der Waals surface area contributed by atoms with E-state index in [4.69, 9.17) is 4.52 Å². The summed E-state index contributed by atoms with van der Waals surface area (Å²) in [6.45, 7) is 6.82. The van der Waals surface area contributed by atoms with Gasteiger partial charge in [0, 0.05) is 38.7 Å². The molecule has 2 heterocycles. The summed E-state index contributed by atoms with van der Waals surface area (Å²) in [5.74, 6) is 1.37. The van der Waals surface area contributed by atoms with Crippen LogP contribution in [-0.2, 0) is 4.79 Å². The molecular formula is C16H20N4O2. The van der Waals surface area contributed by atoms with Gasteiger partial charge in [0.05, 0.1) is 6.04 Å². The van der Waals surface area contributed by atoms with Crippen molar-refractivity contribution in [3.8, 4) is 11.4 Å². The summed E-state index contributed by atoms with van der Waals surface area (Å²) >= 11 is 0. The number of carbonyl (C=O) groups excluding carboxylic acids is 1. The Kier molecular flexibility index (Phi) is 4.20. The summed E-state index contributed by atoms with van der Waals surface area (Å²) in [4.78, 5) is 20.0. The van der Waals surface area contributed by atoms with Crippen molar-refractivity contribution in [2.24, 2.45) is 0 Å². The van der Waals surface area contributed by atoms with E-state index < -0.39 is 0 Å². The van der Waals surface area contributed by atoms with Crippen LogP contribution < -0.4 is 0 Å². The number of rotatable bonds is 3. The number of carbonyl (C=O) groups is 1. The van der Waals surface area contributed by atoms with Gasteiger partial charge in [-0.25, -0.2) is 0 Å². The first-order valence-corrected chi connectivity index (χ1v) is 7.54. The van der Waals surface area contributed by atoms with Gasteiger partial charge < -0.3 is 9.42 Å². The lowest BCUT2D eigenvalue weighted by molar-refractivity contribution is -0.130. The quantitative estimate of drug-likeness (QED) is 0.867. The van der Waals surface area contributed by atoms with Crippen molar-refractivity contribution >= 4 is 5.91 Å². The highest BCUT2D eigenvalue weighted by Gasteiger charge is 2.26. The second-order valence-electron chi connectivity index (χ2n) is 5.54. The predicted octanol–water partition coefficient (Wildman–Crippen LogP) is 1.96. The van der Waals surface area contributed by atoms with E-state index in [1.807, 2.05) is 35.2 Å². The number of nitrogens with zero attached hydrogens (tertiary/aromatic N) is 4. The molecule has 6 heteroatoms. The molecule has 1 aromatic carbocycles. The van der Waals surface area contributed by atoms with E-state index in [9.17, 15) is 4.79 Å². The average Bonchev–Trinajstić information content (AvgIpc) is 3.05. The van der Waals surface area contributed by atoms with Crippen LogP contribution >= 0.6 is 0 Å². The van der Waals surface area contributed by atoms with E-state index in [-0.39, 0.29) is 11.9 Å². The average molecular weight is 300 g/mol. The summed E-state index contributed by atoms with van der Waals surface area (Å²) in [6.07, 6.45) is 0. The van der Waals surface area contributed by atoms with Crippen LogP contribution in [0.15, 0.2) is 34.9 Å². The van der Waals surface area contributed by atoms with Crippen molar-refractivity contribution in [1.29, 1.82) is 0 Å². The fourth-order valence-corrected chi connectivity index (χ4v) is 2.69. The Labute approximate surface area is 129 Å². The van der Waals surface area contributed by atoms with Crippen LogP contribution in [0.2, 0.25) is 0 Å². The molecule has 0 radical (unpaired) electrons. The van der Waals surface area contributed by atoms with Gasteiger partial charge >= 0.3 is 0 Å². The molecule has 1 saturated heterocycles. The Balaban J connectivity index is 1.68. The molecule has 1 atom stereocenters. The fraction of sp³-hybridized carbons (Fsp3) is 0.438. The number of piperazine rings is 1. The third-order valence-electron chi connectivity index (χ3n) is 4.14. The molecule has 0 bridgehead atoms. The van der Waals surface area contributed by atoms with Gasteiger partial charge in [0.1, 0.15) is 0 Å². The zero-order chi connectivity index (χ0) is 15.5. The molecule has 116 valence electrons. The van der Waals surface area contributed by atoms with Crippen molar-refractivity contribution in [3.63, 3.8) is 0 Å². The van der Waals surface area contributed by atoms with Crippen LogP contribution in [0.4, 0.5) is 0 Å². The Bertz CT molecular complexity index is 633. The minimum absolute atomic E-state index is 0.0547. The molecule has 0 saturated carbocycles.